The Hall–Kier alpha value is -2.06. The molecule has 0 radical (unpaired) electrons. The van der Waals surface area contributed by atoms with Crippen molar-refractivity contribution in [3.63, 3.8) is 0 Å². The van der Waals surface area contributed by atoms with Crippen LogP contribution in [0.4, 0.5) is 5.82 Å². The predicted octanol–water partition coefficient (Wildman–Crippen LogP) is -4.77. The summed E-state index contributed by atoms with van der Waals surface area (Å²) in [7, 11) is -5.65. The minimum absolute atomic E-state index is 0.124. The average molecular weight is 570 g/mol. The molecular formula is C19H29N3O15P-. The third-order valence-corrected chi connectivity index (χ3v) is 7.28. The lowest BCUT2D eigenvalue weighted by molar-refractivity contribution is -0.318. The van der Waals surface area contributed by atoms with Crippen molar-refractivity contribution in [1.82, 2.24) is 9.55 Å². The molecule has 3 unspecified atom stereocenters. The summed E-state index contributed by atoms with van der Waals surface area (Å²) in [6.07, 6.45) is -13.4. The monoisotopic (exact) mass is 570 g/mol. The number of carboxylic acids is 1. The van der Waals surface area contributed by atoms with Crippen LogP contribution in [-0.4, -0.2) is 113 Å². The zero-order valence-electron chi connectivity index (χ0n) is 19.8. The quantitative estimate of drug-likeness (QED) is 0.122. The van der Waals surface area contributed by atoms with Crippen molar-refractivity contribution in [2.75, 3.05) is 18.9 Å². The smallest absolute Gasteiger partial charge is 0.364 e. The Morgan fingerprint density at radius 1 is 1.37 bits per heavy atom. The van der Waals surface area contributed by atoms with E-state index in [0.717, 1.165) is 10.8 Å². The minimum Gasteiger partial charge on any atom is -0.756 e. The van der Waals surface area contributed by atoms with E-state index in [2.05, 4.69) is 14.0 Å². The number of hydrogen-bond acceptors (Lipinski definition) is 16. The van der Waals surface area contributed by atoms with Gasteiger partial charge in [0, 0.05) is 18.5 Å². The van der Waals surface area contributed by atoms with Crippen molar-refractivity contribution in [3.8, 4) is 0 Å². The Balaban J connectivity index is 1.74. The highest BCUT2D eigenvalue weighted by molar-refractivity contribution is 7.45. The van der Waals surface area contributed by atoms with E-state index < -0.39 is 99.8 Å². The van der Waals surface area contributed by atoms with E-state index in [0.29, 0.717) is 0 Å². The van der Waals surface area contributed by atoms with E-state index >= 15 is 0 Å². The average Bonchev–Trinajstić information content (AvgIpc) is 3.12. The first-order valence-corrected chi connectivity index (χ1v) is 12.7. The highest BCUT2D eigenvalue weighted by Crippen LogP contribution is 2.49. The van der Waals surface area contributed by atoms with E-state index in [1.54, 1.807) is 0 Å². The molecule has 0 saturated carbocycles. The van der Waals surface area contributed by atoms with Gasteiger partial charge < -0.3 is 60.4 Å². The third kappa shape index (κ3) is 6.22. The molecule has 2 aliphatic heterocycles. The van der Waals surface area contributed by atoms with E-state index in [4.69, 9.17) is 20.3 Å². The molecule has 216 valence electrons. The van der Waals surface area contributed by atoms with Gasteiger partial charge in [0.1, 0.15) is 36.3 Å². The number of anilines is 1. The summed E-state index contributed by atoms with van der Waals surface area (Å²) in [6.45, 7) is -0.649. The molecule has 1 aromatic heterocycles. The molecule has 9 N–H and O–H groups in total. The number of ether oxygens (including phenoxy) is 2. The Kier molecular flexibility index (Phi) is 9.29. The Morgan fingerprint density at radius 2 is 2.03 bits per heavy atom. The van der Waals surface area contributed by atoms with Gasteiger partial charge in [0.15, 0.2) is 6.23 Å². The molecule has 3 rings (SSSR count). The van der Waals surface area contributed by atoms with Crippen LogP contribution in [0.3, 0.4) is 0 Å². The molecule has 0 bridgehead atoms. The number of carboxylic acid groups (broad SMARTS) is 1. The first-order chi connectivity index (χ1) is 17.6. The molecule has 18 nitrogen and oxygen atoms in total. The number of hydrogen-bond donors (Lipinski definition) is 8. The second-order valence-corrected chi connectivity index (χ2v) is 10.3. The molecule has 0 spiro atoms. The zero-order chi connectivity index (χ0) is 28.6. The van der Waals surface area contributed by atoms with Crippen LogP contribution in [0.1, 0.15) is 19.6 Å². The van der Waals surface area contributed by atoms with Gasteiger partial charge in [-0.25, -0.2) is 9.59 Å². The third-order valence-electron chi connectivity index (χ3n) is 6.29. The van der Waals surface area contributed by atoms with E-state index in [9.17, 15) is 49.7 Å². The fraction of sp³-hybridized carbons (Fsp3) is 0.737. The molecule has 0 aromatic carbocycles. The van der Waals surface area contributed by atoms with Crippen molar-refractivity contribution in [2.24, 2.45) is 5.92 Å². The number of aromatic nitrogens is 2. The van der Waals surface area contributed by atoms with Gasteiger partial charge in [-0.05, 0) is 6.07 Å². The summed E-state index contributed by atoms with van der Waals surface area (Å²) in [5.74, 6) is -6.28. The van der Waals surface area contributed by atoms with Gasteiger partial charge in [0.05, 0.1) is 25.4 Å². The molecule has 38 heavy (non-hydrogen) atoms. The van der Waals surface area contributed by atoms with E-state index in [1.165, 1.54) is 13.0 Å². The number of phosphoric acid groups is 1. The Bertz CT molecular complexity index is 1110. The molecule has 3 heterocycles. The second kappa shape index (κ2) is 11.6. The number of aliphatic carboxylic acids is 1. The normalized spacial score (nSPS) is 36.9. The van der Waals surface area contributed by atoms with Gasteiger partial charge in [-0.15, -0.1) is 0 Å². The summed E-state index contributed by atoms with van der Waals surface area (Å²) >= 11 is 0. The van der Waals surface area contributed by atoms with E-state index in [1.807, 2.05) is 0 Å². The predicted molar refractivity (Wildman–Crippen MR) is 118 cm³/mol. The van der Waals surface area contributed by atoms with Gasteiger partial charge in [-0.3, -0.25) is 13.7 Å². The molecule has 19 heteroatoms. The SMILES string of the molecule is C[C@@H]1C(O)C[C@@](OP(=O)([O-])OC[C@H]2O[C@@H](n3ccc(N)nc3=O)[C@@H](O)[C@H]2O)(C(=O)O)OC1[C@H](O)[C@H](O)CO. The molecule has 2 aliphatic rings. The number of phosphoric ester groups is 1. The van der Waals surface area contributed by atoms with Crippen LogP contribution in [-0.2, 0) is 27.9 Å². The van der Waals surface area contributed by atoms with Gasteiger partial charge in [-0.2, -0.15) is 4.98 Å². The molecule has 2 saturated heterocycles. The fourth-order valence-electron chi connectivity index (χ4n) is 4.09. The van der Waals surface area contributed by atoms with Crippen molar-refractivity contribution in [3.05, 3.63) is 22.7 Å². The van der Waals surface area contributed by atoms with Crippen LogP contribution in [0.2, 0.25) is 0 Å². The van der Waals surface area contributed by atoms with Crippen molar-refractivity contribution in [1.29, 1.82) is 0 Å². The highest BCUT2D eigenvalue weighted by Gasteiger charge is 2.56. The maximum atomic E-state index is 12.6. The van der Waals surface area contributed by atoms with Crippen molar-refractivity contribution >= 4 is 19.6 Å². The molecule has 0 aliphatic carbocycles. The number of nitrogens with two attached hydrogens (primary N) is 1. The number of nitrogen functional groups attached to an aromatic ring is 1. The number of aliphatic hydroxyl groups is 6. The minimum atomic E-state index is -5.65. The molecule has 11 atom stereocenters. The number of carbonyl (C=O) groups is 1. The zero-order valence-corrected chi connectivity index (χ0v) is 20.7. The van der Waals surface area contributed by atoms with Crippen LogP contribution in [0.5, 0.6) is 0 Å². The van der Waals surface area contributed by atoms with Crippen molar-refractivity contribution in [2.45, 2.75) is 68.1 Å². The number of rotatable bonds is 10. The lowest BCUT2D eigenvalue weighted by Gasteiger charge is -2.46. The molecule has 0 amide bonds. The number of nitrogens with zero attached hydrogens (tertiary/aromatic N) is 2. The standard InChI is InChI=1S/C19H30N3O15P/c1-7-8(24)4-19(17(29)30,36-15(7)12(26)9(25)5-23)37-38(32,33)34-6-10-13(27)14(28)16(35-10)22-3-2-11(20)21-18(22)31/h2-3,7-10,12-16,23-28H,4-6H2,1H3,(H,29,30)(H,32,33)(H2,20,21,31)/p-1/t7-,8?,9-,10-,12-,13+,14+,15?,16-,19-/m1/s1. The highest BCUT2D eigenvalue weighted by atomic mass is 31.2. The number of aliphatic hydroxyl groups excluding tert-OH is 6. The van der Waals surface area contributed by atoms with Gasteiger partial charge in [0.25, 0.3) is 13.6 Å². The maximum absolute atomic E-state index is 12.6. The summed E-state index contributed by atoms with van der Waals surface area (Å²) in [4.78, 5) is 40.1. The summed E-state index contributed by atoms with van der Waals surface area (Å²) in [6, 6.07) is 1.21. The molecule has 1 aromatic rings. The summed E-state index contributed by atoms with van der Waals surface area (Å²) in [5.41, 5.74) is 4.47. The van der Waals surface area contributed by atoms with Gasteiger partial charge in [0.2, 0.25) is 0 Å². The van der Waals surface area contributed by atoms with Crippen LogP contribution in [0.15, 0.2) is 17.1 Å². The summed E-state index contributed by atoms with van der Waals surface area (Å²) < 4.78 is 33.2. The summed E-state index contributed by atoms with van der Waals surface area (Å²) in [5, 5.41) is 69.6. The second-order valence-electron chi connectivity index (χ2n) is 8.93. The fourth-order valence-corrected chi connectivity index (χ4v) is 5.03. The van der Waals surface area contributed by atoms with Crippen LogP contribution < -0.4 is 16.3 Å². The largest absolute Gasteiger partial charge is 0.756 e. The van der Waals surface area contributed by atoms with Crippen molar-refractivity contribution < 1.29 is 68.5 Å². The first kappa shape index (κ1) is 30.5. The lowest BCUT2D eigenvalue weighted by Crippen LogP contribution is -2.61. The molecule has 2 fully saturated rings. The maximum Gasteiger partial charge on any atom is 0.364 e. The molecular weight excluding hydrogens is 541 g/mol. The van der Waals surface area contributed by atoms with Crippen LogP contribution in [0, 0.1) is 5.92 Å². The van der Waals surface area contributed by atoms with Crippen LogP contribution >= 0.6 is 7.82 Å². The van der Waals surface area contributed by atoms with E-state index in [-0.39, 0.29) is 5.82 Å². The topological polar surface area (TPSA) is 297 Å². The lowest BCUT2D eigenvalue weighted by atomic mass is 9.85. The Labute approximate surface area is 214 Å². The van der Waals surface area contributed by atoms with Crippen LogP contribution in [0.25, 0.3) is 0 Å². The first-order valence-electron chi connectivity index (χ1n) is 11.2. The van der Waals surface area contributed by atoms with Gasteiger partial charge in [-0.1, -0.05) is 6.92 Å². The van der Waals surface area contributed by atoms with Gasteiger partial charge >= 0.3 is 11.7 Å². The Morgan fingerprint density at radius 3 is 2.61 bits per heavy atom.